The number of hydrogen-bond acceptors (Lipinski definition) is 6. The third kappa shape index (κ3) is 5.12. The molecule has 0 aromatic heterocycles. The molecule has 27 heavy (non-hydrogen) atoms. The van der Waals surface area contributed by atoms with E-state index in [-0.39, 0.29) is 16.3 Å². The second kappa shape index (κ2) is 9.46. The first-order valence-corrected chi connectivity index (χ1v) is 8.34. The number of carbonyl (C=O) groups is 2. The molecule has 0 bridgehead atoms. The zero-order valence-corrected chi connectivity index (χ0v) is 15.5. The van der Waals surface area contributed by atoms with Crippen molar-refractivity contribution in [2.45, 2.75) is 6.92 Å². The van der Waals surface area contributed by atoms with Crippen molar-refractivity contribution < 1.29 is 23.8 Å². The van der Waals surface area contributed by atoms with E-state index in [1.165, 1.54) is 19.2 Å². The Balaban J connectivity index is 2.04. The van der Waals surface area contributed by atoms with Crippen molar-refractivity contribution in [3.8, 4) is 17.6 Å². The number of nitriles is 1. The number of para-hydroxylation sites is 1. The van der Waals surface area contributed by atoms with Gasteiger partial charge in [0, 0.05) is 0 Å². The average molecular weight is 389 g/mol. The Hall–Kier alpha value is -3.24. The number of carbonyl (C=O) groups excluding carboxylic acids is 2. The highest BCUT2D eigenvalue weighted by molar-refractivity contribution is 6.32. The van der Waals surface area contributed by atoms with E-state index in [1.54, 1.807) is 31.2 Å². The summed E-state index contributed by atoms with van der Waals surface area (Å²) < 4.78 is 15.6. The number of rotatable bonds is 7. The Kier molecular flexibility index (Phi) is 7.03. The minimum atomic E-state index is -0.748. The van der Waals surface area contributed by atoms with Crippen LogP contribution >= 0.6 is 11.6 Å². The average Bonchev–Trinajstić information content (AvgIpc) is 2.67. The highest BCUT2D eigenvalue weighted by atomic mass is 35.5. The zero-order valence-electron chi connectivity index (χ0n) is 14.7. The molecule has 0 heterocycles. The molecule has 1 amide bonds. The summed E-state index contributed by atoms with van der Waals surface area (Å²) in [4.78, 5) is 24.2. The maximum Gasteiger partial charge on any atom is 0.338 e. The van der Waals surface area contributed by atoms with Crippen LogP contribution in [-0.4, -0.2) is 32.2 Å². The molecule has 0 aliphatic heterocycles. The van der Waals surface area contributed by atoms with Gasteiger partial charge in [0.2, 0.25) is 0 Å². The molecule has 2 rings (SSSR count). The molecule has 0 aliphatic carbocycles. The van der Waals surface area contributed by atoms with E-state index in [0.29, 0.717) is 23.6 Å². The van der Waals surface area contributed by atoms with Crippen molar-refractivity contribution in [1.82, 2.24) is 0 Å². The molecule has 0 atom stereocenters. The highest BCUT2D eigenvalue weighted by Gasteiger charge is 2.18. The predicted molar refractivity (Wildman–Crippen MR) is 99.2 cm³/mol. The van der Waals surface area contributed by atoms with Gasteiger partial charge in [-0.05, 0) is 31.2 Å². The fourth-order valence-corrected chi connectivity index (χ4v) is 2.48. The molecule has 0 fully saturated rings. The minimum absolute atomic E-state index is 0.116. The number of amides is 1. The number of ether oxygens (including phenoxy) is 3. The molecule has 7 nitrogen and oxygen atoms in total. The first kappa shape index (κ1) is 20.1. The fourth-order valence-electron chi connectivity index (χ4n) is 2.21. The highest BCUT2D eigenvalue weighted by Crippen LogP contribution is 2.36. The summed E-state index contributed by atoms with van der Waals surface area (Å²) >= 11 is 6.12. The number of anilines is 1. The van der Waals surface area contributed by atoms with E-state index in [9.17, 15) is 9.59 Å². The molecule has 8 heteroatoms. The number of benzene rings is 2. The molecule has 0 radical (unpaired) electrons. The van der Waals surface area contributed by atoms with E-state index in [1.807, 2.05) is 6.07 Å². The number of halogens is 1. The predicted octanol–water partition coefficient (Wildman–Crippen LogP) is 3.41. The zero-order chi connectivity index (χ0) is 19.8. The van der Waals surface area contributed by atoms with E-state index in [4.69, 9.17) is 31.1 Å². The summed E-state index contributed by atoms with van der Waals surface area (Å²) in [5, 5.41) is 11.7. The summed E-state index contributed by atoms with van der Waals surface area (Å²) in [5.41, 5.74) is 0.762. The van der Waals surface area contributed by atoms with Crippen LogP contribution in [0.5, 0.6) is 11.5 Å². The van der Waals surface area contributed by atoms with Gasteiger partial charge in [0.1, 0.15) is 6.07 Å². The number of nitrogens with one attached hydrogen (secondary N) is 1. The van der Waals surface area contributed by atoms with Crippen LogP contribution in [0.1, 0.15) is 22.8 Å². The Morgan fingerprint density at radius 1 is 1.26 bits per heavy atom. The van der Waals surface area contributed by atoms with E-state index < -0.39 is 18.5 Å². The van der Waals surface area contributed by atoms with Gasteiger partial charge < -0.3 is 19.5 Å². The van der Waals surface area contributed by atoms with E-state index in [0.717, 1.165) is 0 Å². The monoisotopic (exact) mass is 388 g/mol. The lowest BCUT2D eigenvalue weighted by molar-refractivity contribution is -0.119. The molecular weight excluding hydrogens is 372 g/mol. The topological polar surface area (TPSA) is 97.6 Å². The lowest BCUT2D eigenvalue weighted by Crippen LogP contribution is -2.21. The molecule has 0 saturated carbocycles. The normalized spacial score (nSPS) is 9.85. The first-order chi connectivity index (χ1) is 13.0. The van der Waals surface area contributed by atoms with Gasteiger partial charge in [-0.25, -0.2) is 4.79 Å². The fraction of sp³-hybridized carbons (Fsp3) is 0.211. The second-order valence-corrected chi connectivity index (χ2v) is 5.61. The van der Waals surface area contributed by atoms with Gasteiger partial charge in [0.15, 0.2) is 18.1 Å². The largest absolute Gasteiger partial charge is 0.493 e. The van der Waals surface area contributed by atoms with Crippen LogP contribution in [0.25, 0.3) is 0 Å². The molecular formula is C19H17ClN2O5. The molecule has 1 N–H and O–H groups in total. The molecule has 0 saturated heterocycles. The van der Waals surface area contributed by atoms with Crippen molar-refractivity contribution in [2.24, 2.45) is 0 Å². The van der Waals surface area contributed by atoms with Gasteiger partial charge in [0.05, 0.1) is 35.6 Å². The maximum atomic E-state index is 12.2. The van der Waals surface area contributed by atoms with Crippen molar-refractivity contribution in [1.29, 1.82) is 5.26 Å². The van der Waals surface area contributed by atoms with Crippen LogP contribution in [0.4, 0.5) is 5.69 Å². The number of hydrogen-bond donors (Lipinski definition) is 1. The summed E-state index contributed by atoms with van der Waals surface area (Å²) in [5.74, 6) is -0.718. The van der Waals surface area contributed by atoms with Crippen molar-refractivity contribution in [3.05, 3.63) is 52.5 Å². The Bertz CT molecular complexity index is 892. The Morgan fingerprint density at radius 2 is 2.00 bits per heavy atom. The Labute approximate surface area is 161 Å². The van der Waals surface area contributed by atoms with Gasteiger partial charge in [-0.15, -0.1) is 0 Å². The van der Waals surface area contributed by atoms with Crippen molar-refractivity contribution >= 4 is 29.2 Å². The first-order valence-electron chi connectivity index (χ1n) is 7.96. The summed E-state index contributed by atoms with van der Waals surface area (Å²) in [7, 11) is 1.42. The van der Waals surface area contributed by atoms with Crippen LogP contribution in [0.15, 0.2) is 36.4 Å². The lowest BCUT2D eigenvalue weighted by Gasteiger charge is -2.13. The maximum absolute atomic E-state index is 12.2. The quantitative estimate of drug-likeness (QED) is 0.730. The van der Waals surface area contributed by atoms with Gasteiger partial charge in [-0.2, -0.15) is 5.26 Å². The molecule has 2 aromatic carbocycles. The number of nitrogens with zero attached hydrogens (tertiary/aromatic N) is 1. The second-order valence-electron chi connectivity index (χ2n) is 5.20. The summed E-state index contributed by atoms with van der Waals surface area (Å²) in [6.07, 6.45) is 0. The SMILES string of the molecule is CCOc1c(Cl)cc(C(=O)OCC(=O)Nc2ccccc2C#N)cc1OC. The number of esters is 1. The molecule has 0 spiro atoms. The van der Waals surface area contributed by atoms with Gasteiger partial charge in [-0.3, -0.25) is 4.79 Å². The molecule has 2 aromatic rings. The third-order valence-electron chi connectivity index (χ3n) is 3.41. The minimum Gasteiger partial charge on any atom is -0.493 e. The van der Waals surface area contributed by atoms with Gasteiger partial charge in [0.25, 0.3) is 5.91 Å². The van der Waals surface area contributed by atoms with Gasteiger partial charge >= 0.3 is 5.97 Å². The van der Waals surface area contributed by atoms with E-state index >= 15 is 0 Å². The standard InChI is InChI=1S/C19H17ClN2O5/c1-3-26-18-14(20)8-13(9-16(18)25-2)19(24)27-11-17(23)22-15-7-5-4-6-12(15)10-21/h4-9H,3,11H2,1-2H3,(H,22,23). The molecule has 0 aliphatic rings. The lowest BCUT2D eigenvalue weighted by atomic mass is 10.2. The summed E-state index contributed by atoms with van der Waals surface area (Å²) in [6.45, 7) is 1.65. The van der Waals surface area contributed by atoms with Crippen LogP contribution in [0.2, 0.25) is 5.02 Å². The molecule has 140 valence electrons. The van der Waals surface area contributed by atoms with Crippen molar-refractivity contribution in [2.75, 3.05) is 25.6 Å². The van der Waals surface area contributed by atoms with Crippen LogP contribution in [-0.2, 0) is 9.53 Å². The van der Waals surface area contributed by atoms with Crippen LogP contribution < -0.4 is 14.8 Å². The molecule has 0 unspecified atom stereocenters. The smallest absolute Gasteiger partial charge is 0.338 e. The van der Waals surface area contributed by atoms with E-state index in [2.05, 4.69) is 5.32 Å². The van der Waals surface area contributed by atoms with Crippen molar-refractivity contribution in [3.63, 3.8) is 0 Å². The van der Waals surface area contributed by atoms with Crippen LogP contribution in [0.3, 0.4) is 0 Å². The third-order valence-corrected chi connectivity index (χ3v) is 3.69. The summed E-state index contributed by atoms with van der Waals surface area (Å²) in [6, 6.07) is 11.3. The van der Waals surface area contributed by atoms with Crippen LogP contribution in [0, 0.1) is 11.3 Å². The van der Waals surface area contributed by atoms with Gasteiger partial charge in [-0.1, -0.05) is 23.7 Å². The number of methoxy groups -OCH3 is 1. The Morgan fingerprint density at radius 3 is 2.67 bits per heavy atom.